The van der Waals surface area contributed by atoms with Gasteiger partial charge in [-0.3, -0.25) is 14.4 Å². The minimum Gasteiger partial charge on any atom is -0.493 e. The molecule has 1 saturated heterocycles. The van der Waals surface area contributed by atoms with Gasteiger partial charge in [-0.05, 0) is 31.0 Å². The second kappa shape index (κ2) is 11.2. The van der Waals surface area contributed by atoms with Gasteiger partial charge in [-0.25, -0.2) is 19.7 Å². The summed E-state index contributed by atoms with van der Waals surface area (Å²) in [6.07, 6.45) is 4.32. The van der Waals surface area contributed by atoms with E-state index in [1.54, 1.807) is 11.7 Å². The number of anilines is 1. The van der Waals surface area contributed by atoms with E-state index in [1.165, 1.54) is 12.4 Å². The van der Waals surface area contributed by atoms with Gasteiger partial charge in [0.2, 0.25) is 5.95 Å². The first-order valence-corrected chi connectivity index (χ1v) is 13.1. The molecule has 3 aromatic heterocycles. The topological polar surface area (TPSA) is 142 Å². The van der Waals surface area contributed by atoms with Gasteiger partial charge in [0.1, 0.15) is 17.1 Å². The molecule has 0 bridgehead atoms. The molecule has 12 nitrogen and oxygen atoms in total. The molecule has 1 fully saturated rings. The fourth-order valence-electron chi connectivity index (χ4n) is 4.88. The summed E-state index contributed by atoms with van der Waals surface area (Å²) in [5, 5.41) is 13.6. The summed E-state index contributed by atoms with van der Waals surface area (Å²) in [6.45, 7) is 8.25. The Bertz CT molecular complexity index is 1540. The van der Waals surface area contributed by atoms with E-state index in [0.29, 0.717) is 41.7 Å². The zero-order chi connectivity index (χ0) is 27.5. The summed E-state index contributed by atoms with van der Waals surface area (Å²) in [6, 6.07) is 6.01. The molecule has 0 spiro atoms. The molecule has 0 aliphatic carbocycles. The zero-order valence-electron chi connectivity index (χ0n) is 22.3. The highest BCUT2D eigenvalue weighted by Gasteiger charge is 2.21. The van der Waals surface area contributed by atoms with Crippen molar-refractivity contribution < 1.29 is 14.6 Å². The van der Waals surface area contributed by atoms with E-state index in [0.717, 1.165) is 55.8 Å². The van der Waals surface area contributed by atoms with E-state index in [9.17, 15) is 9.59 Å². The molecular formula is C27H32N8O4. The third-order valence-electron chi connectivity index (χ3n) is 6.79. The lowest BCUT2D eigenvalue weighted by Crippen LogP contribution is -2.46. The monoisotopic (exact) mass is 532 g/mol. The van der Waals surface area contributed by atoms with E-state index < -0.39 is 5.97 Å². The summed E-state index contributed by atoms with van der Waals surface area (Å²) in [5.41, 5.74) is 3.57. The number of rotatable bonds is 9. The number of aromatic carboxylic acids is 1. The lowest BCUT2D eigenvalue weighted by atomic mass is 10.1. The van der Waals surface area contributed by atoms with Crippen LogP contribution in [-0.4, -0.2) is 78.5 Å². The number of aryl methyl sites for hydroxylation is 2. The number of fused-ring (bicyclic) bond motifs is 1. The van der Waals surface area contributed by atoms with Crippen molar-refractivity contribution in [1.82, 2.24) is 34.6 Å². The second-order valence-corrected chi connectivity index (χ2v) is 9.54. The van der Waals surface area contributed by atoms with Gasteiger partial charge in [0.25, 0.3) is 5.56 Å². The van der Waals surface area contributed by atoms with Crippen LogP contribution in [0.1, 0.15) is 41.9 Å². The number of carboxylic acid groups (broad SMARTS) is 1. The molecule has 4 aromatic rings. The van der Waals surface area contributed by atoms with Crippen molar-refractivity contribution in [3.05, 3.63) is 57.8 Å². The highest BCUT2D eigenvalue weighted by Crippen LogP contribution is 2.30. The zero-order valence-corrected chi connectivity index (χ0v) is 22.3. The molecule has 39 heavy (non-hydrogen) atoms. The highest BCUT2D eigenvalue weighted by molar-refractivity contribution is 5.86. The van der Waals surface area contributed by atoms with Gasteiger partial charge in [-0.1, -0.05) is 19.4 Å². The molecule has 0 amide bonds. The number of piperazine rings is 1. The molecule has 1 aliphatic rings. The largest absolute Gasteiger partial charge is 0.493 e. The predicted octanol–water partition coefficient (Wildman–Crippen LogP) is 2.49. The molecular weight excluding hydrogens is 500 g/mol. The molecule has 5 rings (SSSR count). The smallest absolute Gasteiger partial charge is 0.338 e. The van der Waals surface area contributed by atoms with Crippen LogP contribution in [0.3, 0.4) is 0 Å². The van der Waals surface area contributed by atoms with Gasteiger partial charge in [-0.15, -0.1) is 0 Å². The van der Waals surface area contributed by atoms with Gasteiger partial charge in [0.05, 0.1) is 23.4 Å². The lowest BCUT2D eigenvalue weighted by molar-refractivity contribution is 0.0696. The number of benzene rings is 1. The number of hydrogen-bond donors (Lipinski definition) is 2. The summed E-state index contributed by atoms with van der Waals surface area (Å²) in [7, 11) is 1.77. The maximum atomic E-state index is 13.0. The van der Waals surface area contributed by atoms with Crippen molar-refractivity contribution >= 4 is 23.0 Å². The quantitative estimate of drug-likeness (QED) is 0.330. The van der Waals surface area contributed by atoms with Crippen molar-refractivity contribution in [1.29, 1.82) is 0 Å². The van der Waals surface area contributed by atoms with Crippen molar-refractivity contribution in [2.45, 2.75) is 33.2 Å². The van der Waals surface area contributed by atoms with E-state index in [1.807, 2.05) is 25.1 Å². The van der Waals surface area contributed by atoms with E-state index in [-0.39, 0.29) is 11.1 Å². The summed E-state index contributed by atoms with van der Waals surface area (Å²) in [5.74, 6) is 0.625. The Hall–Kier alpha value is -4.32. The fourth-order valence-corrected chi connectivity index (χ4v) is 4.88. The number of nitrogens with one attached hydrogen (secondary N) is 1. The average molecular weight is 533 g/mol. The number of hydrogen-bond acceptors (Lipinski definition) is 9. The molecule has 12 heteroatoms. The van der Waals surface area contributed by atoms with Crippen LogP contribution in [0.25, 0.3) is 22.4 Å². The van der Waals surface area contributed by atoms with Crippen LogP contribution in [-0.2, 0) is 20.0 Å². The van der Waals surface area contributed by atoms with Crippen LogP contribution in [0.5, 0.6) is 5.75 Å². The highest BCUT2D eigenvalue weighted by atomic mass is 16.5. The van der Waals surface area contributed by atoms with Crippen molar-refractivity contribution in [2.24, 2.45) is 7.05 Å². The van der Waals surface area contributed by atoms with Gasteiger partial charge in [0, 0.05) is 52.2 Å². The molecule has 204 valence electrons. The molecule has 1 aliphatic heterocycles. The average Bonchev–Trinajstić information content (AvgIpc) is 3.25. The number of ether oxygens (including phenoxy) is 1. The van der Waals surface area contributed by atoms with E-state index >= 15 is 0 Å². The van der Waals surface area contributed by atoms with E-state index in [4.69, 9.17) is 14.8 Å². The molecule has 4 heterocycles. The maximum absolute atomic E-state index is 13.0. The first-order chi connectivity index (χ1) is 18.9. The Balaban J connectivity index is 1.37. The van der Waals surface area contributed by atoms with Crippen LogP contribution < -0.4 is 15.2 Å². The Morgan fingerprint density at radius 1 is 1.13 bits per heavy atom. The number of aromatic nitrogens is 6. The maximum Gasteiger partial charge on any atom is 0.338 e. The molecule has 0 atom stereocenters. The molecule has 0 saturated carbocycles. The predicted molar refractivity (Wildman–Crippen MR) is 146 cm³/mol. The lowest BCUT2D eigenvalue weighted by Gasteiger charge is -2.34. The third kappa shape index (κ3) is 5.46. The van der Waals surface area contributed by atoms with Gasteiger partial charge in [-0.2, -0.15) is 5.10 Å². The first kappa shape index (κ1) is 26.3. The van der Waals surface area contributed by atoms with E-state index in [2.05, 4.69) is 36.8 Å². The second-order valence-electron chi connectivity index (χ2n) is 9.54. The van der Waals surface area contributed by atoms with Crippen LogP contribution in [0, 0.1) is 0 Å². The minimum atomic E-state index is -1.04. The van der Waals surface area contributed by atoms with Crippen LogP contribution in [0.15, 0.2) is 35.4 Å². The number of carbonyl (C=O) groups is 1. The summed E-state index contributed by atoms with van der Waals surface area (Å²) < 4.78 is 7.50. The SMILES string of the molecule is CCCc1nn(C)c2c(=O)[nH]c(-c3cc(CN4CCN(c5ncc(C(=O)O)cn5)CC4)ccc3OCC)nc12. The summed E-state index contributed by atoms with van der Waals surface area (Å²) >= 11 is 0. The number of nitrogens with zero attached hydrogens (tertiary/aromatic N) is 7. The Labute approximate surface area is 225 Å². The Morgan fingerprint density at radius 3 is 2.54 bits per heavy atom. The molecule has 2 N–H and O–H groups in total. The van der Waals surface area contributed by atoms with Crippen molar-refractivity contribution in [3.8, 4) is 17.1 Å². The van der Waals surface area contributed by atoms with Gasteiger partial charge < -0.3 is 19.7 Å². The van der Waals surface area contributed by atoms with Crippen LogP contribution in [0.4, 0.5) is 5.95 Å². The minimum absolute atomic E-state index is 0.0730. The van der Waals surface area contributed by atoms with Gasteiger partial charge in [0.15, 0.2) is 5.52 Å². The van der Waals surface area contributed by atoms with Crippen LogP contribution >= 0.6 is 0 Å². The van der Waals surface area contributed by atoms with Crippen LogP contribution in [0.2, 0.25) is 0 Å². The molecule has 1 aromatic carbocycles. The molecule has 0 unspecified atom stereocenters. The van der Waals surface area contributed by atoms with Crippen molar-refractivity contribution in [2.75, 3.05) is 37.7 Å². The standard InChI is InChI=1S/C27H32N8O4/c1-4-6-20-22-23(33(3)32-20)25(36)31-24(30-22)19-13-17(7-8-21(19)39-5-2)16-34-9-11-35(12-10-34)27-28-14-18(15-29-27)26(37)38/h7-8,13-15H,4-6,9-12,16H2,1-3H3,(H,37,38)(H,30,31,36). The molecule has 0 radical (unpaired) electrons. The summed E-state index contributed by atoms with van der Waals surface area (Å²) in [4.78, 5) is 44.7. The third-order valence-corrected chi connectivity index (χ3v) is 6.79. The number of carboxylic acids is 1. The normalized spacial score (nSPS) is 14.2. The van der Waals surface area contributed by atoms with Gasteiger partial charge >= 0.3 is 5.97 Å². The Kier molecular flexibility index (Phi) is 7.55. The van der Waals surface area contributed by atoms with Crippen molar-refractivity contribution in [3.63, 3.8) is 0 Å². The number of aromatic amines is 1. The first-order valence-electron chi connectivity index (χ1n) is 13.1. The Morgan fingerprint density at radius 2 is 1.87 bits per heavy atom. The fraction of sp³-hybridized carbons (Fsp3) is 0.407. The number of H-pyrrole nitrogens is 1.